The summed E-state index contributed by atoms with van der Waals surface area (Å²) in [6.07, 6.45) is 1.51. The number of hydrogen-bond donors (Lipinski definition) is 1. The van der Waals surface area contributed by atoms with E-state index in [1.807, 2.05) is 6.92 Å². The number of hydrogen-bond acceptors (Lipinski definition) is 4. The Balaban J connectivity index is 1.98. The van der Waals surface area contributed by atoms with Gasteiger partial charge in [-0.15, -0.1) is 0 Å². The lowest BCUT2D eigenvalue weighted by Gasteiger charge is -2.23. The highest BCUT2D eigenvalue weighted by molar-refractivity contribution is 4.52. The van der Waals surface area contributed by atoms with E-state index in [2.05, 4.69) is 0 Å². The summed E-state index contributed by atoms with van der Waals surface area (Å²) in [6, 6.07) is 0. The van der Waals surface area contributed by atoms with Crippen molar-refractivity contribution < 1.29 is 19.3 Å². The molecule has 0 aliphatic carbocycles. The Labute approximate surface area is 78.8 Å². The maximum absolute atomic E-state index is 8.68. The normalized spacial score (nSPS) is 21.7. The summed E-state index contributed by atoms with van der Waals surface area (Å²) in [6.45, 7) is 4.03. The van der Waals surface area contributed by atoms with Crippen LogP contribution >= 0.6 is 0 Å². The highest BCUT2D eigenvalue weighted by Gasteiger charge is 2.13. The lowest BCUT2D eigenvalue weighted by Crippen LogP contribution is -2.27. The molecular formula is C9H18O4. The molecule has 1 fully saturated rings. The quantitative estimate of drug-likeness (QED) is 0.687. The van der Waals surface area contributed by atoms with Gasteiger partial charge in [0, 0.05) is 6.42 Å². The molecule has 78 valence electrons. The molecule has 0 amide bonds. The molecule has 0 spiro atoms. The lowest BCUT2D eigenvalue weighted by atomic mass is 10.3. The average Bonchev–Trinajstić information content (AvgIpc) is 2.19. The van der Waals surface area contributed by atoms with Crippen molar-refractivity contribution in [2.24, 2.45) is 0 Å². The molecule has 1 N–H and O–H groups in total. The molecule has 13 heavy (non-hydrogen) atoms. The molecule has 1 saturated heterocycles. The first-order valence-electron chi connectivity index (χ1n) is 4.78. The van der Waals surface area contributed by atoms with Crippen LogP contribution < -0.4 is 0 Å². The van der Waals surface area contributed by atoms with Gasteiger partial charge in [0.15, 0.2) is 6.29 Å². The van der Waals surface area contributed by atoms with Crippen molar-refractivity contribution in [2.45, 2.75) is 32.2 Å². The van der Waals surface area contributed by atoms with Crippen molar-refractivity contribution in [1.29, 1.82) is 0 Å². The van der Waals surface area contributed by atoms with Gasteiger partial charge in [-0.05, 0) is 13.3 Å². The highest BCUT2D eigenvalue weighted by atomic mass is 16.7. The third-order valence-electron chi connectivity index (χ3n) is 1.91. The van der Waals surface area contributed by atoms with E-state index in [0.717, 1.165) is 26.1 Å². The maximum Gasteiger partial charge on any atom is 0.159 e. The highest BCUT2D eigenvalue weighted by Crippen LogP contribution is 2.08. The molecule has 1 atom stereocenters. The summed E-state index contributed by atoms with van der Waals surface area (Å²) in [5.74, 6) is 0. The largest absolute Gasteiger partial charge is 0.394 e. The Bertz CT molecular complexity index is 123. The van der Waals surface area contributed by atoms with Crippen molar-refractivity contribution in [3.63, 3.8) is 0 Å². The van der Waals surface area contributed by atoms with E-state index in [-0.39, 0.29) is 19.0 Å². The second-order valence-electron chi connectivity index (χ2n) is 3.18. The second kappa shape index (κ2) is 6.32. The molecule has 0 bridgehead atoms. The summed E-state index contributed by atoms with van der Waals surface area (Å²) in [7, 11) is 0. The molecule has 0 aromatic rings. The molecular weight excluding hydrogens is 172 g/mol. The third-order valence-corrected chi connectivity index (χ3v) is 1.91. The first-order valence-corrected chi connectivity index (χ1v) is 4.78. The topological polar surface area (TPSA) is 47.9 Å². The van der Waals surface area contributed by atoms with E-state index >= 15 is 0 Å². The first kappa shape index (κ1) is 10.9. The zero-order valence-corrected chi connectivity index (χ0v) is 8.07. The molecule has 1 aliphatic rings. The van der Waals surface area contributed by atoms with Crippen molar-refractivity contribution >= 4 is 0 Å². The Morgan fingerprint density at radius 3 is 2.77 bits per heavy atom. The molecule has 4 heteroatoms. The molecule has 0 saturated carbocycles. The minimum Gasteiger partial charge on any atom is -0.394 e. The van der Waals surface area contributed by atoms with Gasteiger partial charge >= 0.3 is 0 Å². The maximum atomic E-state index is 8.68. The number of rotatable bonds is 5. The van der Waals surface area contributed by atoms with Crippen LogP contribution in [0.3, 0.4) is 0 Å². The average molecular weight is 190 g/mol. The fraction of sp³-hybridized carbons (Fsp3) is 1.00. The molecule has 1 heterocycles. The van der Waals surface area contributed by atoms with Crippen LogP contribution in [0.1, 0.15) is 19.8 Å². The Hall–Kier alpha value is -0.160. The van der Waals surface area contributed by atoms with Crippen LogP contribution in [0.5, 0.6) is 0 Å². The molecule has 1 unspecified atom stereocenters. The van der Waals surface area contributed by atoms with Crippen molar-refractivity contribution in [3.8, 4) is 0 Å². The third kappa shape index (κ3) is 4.57. The number of aliphatic hydroxyl groups is 1. The Morgan fingerprint density at radius 2 is 2.15 bits per heavy atom. The van der Waals surface area contributed by atoms with Crippen molar-refractivity contribution in [1.82, 2.24) is 0 Å². The standard InChI is InChI=1S/C9H18O4/c1-8(7-10)11-6-3-9-12-4-2-5-13-9/h8-10H,2-7H2,1H3. The predicted octanol–water partition coefficient (Wildman–Crippen LogP) is 0.537. The second-order valence-corrected chi connectivity index (χ2v) is 3.18. The summed E-state index contributed by atoms with van der Waals surface area (Å²) >= 11 is 0. The predicted molar refractivity (Wildman–Crippen MR) is 47.4 cm³/mol. The molecule has 1 rings (SSSR count). The van der Waals surface area contributed by atoms with Gasteiger partial charge in [-0.3, -0.25) is 0 Å². The molecule has 0 radical (unpaired) electrons. The van der Waals surface area contributed by atoms with E-state index in [0.29, 0.717) is 6.61 Å². The van der Waals surface area contributed by atoms with Crippen LogP contribution in [0, 0.1) is 0 Å². The molecule has 0 aromatic heterocycles. The van der Waals surface area contributed by atoms with E-state index < -0.39 is 0 Å². The summed E-state index contributed by atoms with van der Waals surface area (Å²) in [5.41, 5.74) is 0. The summed E-state index contributed by atoms with van der Waals surface area (Å²) in [5, 5.41) is 8.68. The van der Waals surface area contributed by atoms with Gasteiger partial charge in [0.1, 0.15) is 0 Å². The molecule has 1 aliphatic heterocycles. The fourth-order valence-electron chi connectivity index (χ4n) is 1.12. The van der Waals surface area contributed by atoms with Crippen molar-refractivity contribution in [2.75, 3.05) is 26.4 Å². The first-order chi connectivity index (χ1) is 6.33. The van der Waals surface area contributed by atoms with Crippen LogP contribution in [0.15, 0.2) is 0 Å². The van der Waals surface area contributed by atoms with E-state index in [9.17, 15) is 0 Å². The van der Waals surface area contributed by atoms with Gasteiger partial charge in [-0.1, -0.05) is 0 Å². The fourth-order valence-corrected chi connectivity index (χ4v) is 1.12. The Kier molecular flexibility index (Phi) is 5.31. The molecule has 4 nitrogen and oxygen atoms in total. The number of ether oxygens (including phenoxy) is 3. The van der Waals surface area contributed by atoms with Crippen LogP contribution in [-0.2, 0) is 14.2 Å². The van der Waals surface area contributed by atoms with Gasteiger partial charge in [-0.25, -0.2) is 0 Å². The van der Waals surface area contributed by atoms with Crippen LogP contribution in [0.4, 0.5) is 0 Å². The van der Waals surface area contributed by atoms with E-state index in [1.165, 1.54) is 0 Å². The Morgan fingerprint density at radius 1 is 1.46 bits per heavy atom. The van der Waals surface area contributed by atoms with Crippen LogP contribution in [-0.4, -0.2) is 43.9 Å². The van der Waals surface area contributed by atoms with Gasteiger partial charge in [0.2, 0.25) is 0 Å². The van der Waals surface area contributed by atoms with Crippen LogP contribution in [0.2, 0.25) is 0 Å². The number of aliphatic hydroxyl groups excluding tert-OH is 1. The van der Waals surface area contributed by atoms with Crippen LogP contribution in [0.25, 0.3) is 0 Å². The monoisotopic (exact) mass is 190 g/mol. The van der Waals surface area contributed by atoms with Gasteiger partial charge < -0.3 is 19.3 Å². The SMILES string of the molecule is CC(CO)OCCC1OCCCO1. The zero-order chi connectivity index (χ0) is 9.52. The van der Waals surface area contributed by atoms with Gasteiger partial charge in [0.25, 0.3) is 0 Å². The van der Waals surface area contributed by atoms with Crippen molar-refractivity contribution in [3.05, 3.63) is 0 Å². The lowest BCUT2D eigenvalue weighted by molar-refractivity contribution is -0.188. The zero-order valence-electron chi connectivity index (χ0n) is 8.07. The molecule has 0 aromatic carbocycles. The van der Waals surface area contributed by atoms with Gasteiger partial charge in [-0.2, -0.15) is 0 Å². The smallest absolute Gasteiger partial charge is 0.159 e. The van der Waals surface area contributed by atoms with E-state index in [1.54, 1.807) is 0 Å². The van der Waals surface area contributed by atoms with Gasteiger partial charge in [0.05, 0.1) is 32.5 Å². The minimum atomic E-state index is -0.111. The minimum absolute atomic E-state index is 0.0619. The van der Waals surface area contributed by atoms with E-state index in [4.69, 9.17) is 19.3 Å². The summed E-state index contributed by atoms with van der Waals surface area (Å²) < 4.78 is 15.9. The summed E-state index contributed by atoms with van der Waals surface area (Å²) in [4.78, 5) is 0.